The average molecular weight is 348 g/mol. The number of anilines is 1. The van der Waals surface area contributed by atoms with E-state index in [1.807, 2.05) is 32.9 Å². The number of ether oxygens (including phenoxy) is 1. The number of carbonyl (C=O) groups is 1. The van der Waals surface area contributed by atoms with Gasteiger partial charge in [0.05, 0.1) is 28.7 Å². The fourth-order valence-corrected chi connectivity index (χ4v) is 2.28. The molecule has 0 spiro atoms. The number of hydrogen-bond donors (Lipinski definition) is 1. The van der Waals surface area contributed by atoms with Crippen LogP contribution < -0.4 is 10.1 Å². The van der Waals surface area contributed by atoms with Crippen LogP contribution in [0.5, 0.6) is 5.88 Å². The van der Waals surface area contributed by atoms with Crippen molar-refractivity contribution in [2.24, 2.45) is 0 Å². The number of pyridine rings is 3. The molecule has 26 heavy (non-hydrogen) atoms. The molecule has 0 bridgehead atoms. The summed E-state index contributed by atoms with van der Waals surface area (Å²) in [5.41, 5.74) is 2.19. The smallest absolute Gasteiger partial charge is 0.257 e. The Hall–Kier alpha value is -3.28. The summed E-state index contributed by atoms with van der Waals surface area (Å²) in [6.07, 6.45) is 6.46. The highest BCUT2D eigenvalue weighted by Crippen LogP contribution is 2.28. The van der Waals surface area contributed by atoms with E-state index in [1.165, 1.54) is 6.20 Å². The first-order valence-corrected chi connectivity index (χ1v) is 8.24. The van der Waals surface area contributed by atoms with Crippen molar-refractivity contribution >= 4 is 11.6 Å². The fraction of sp³-hybridized carbons (Fsp3) is 0.200. The molecule has 0 aliphatic rings. The van der Waals surface area contributed by atoms with Crippen molar-refractivity contribution in [2.45, 2.75) is 26.4 Å². The highest BCUT2D eigenvalue weighted by atomic mass is 16.5. The van der Waals surface area contributed by atoms with Gasteiger partial charge in [-0.3, -0.25) is 14.8 Å². The Labute approximate surface area is 152 Å². The van der Waals surface area contributed by atoms with E-state index in [9.17, 15) is 4.79 Å². The summed E-state index contributed by atoms with van der Waals surface area (Å²) < 4.78 is 5.91. The van der Waals surface area contributed by atoms with Crippen molar-refractivity contribution < 1.29 is 9.53 Å². The third kappa shape index (κ3) is 4.42. The molecule has 3 heterocycles. The summed E-state index contributed by atoms with van der Waals surface area (Å²) in [6.45, 7) is 5.89. The normalized spacial score (nSPS) is 11.0. The summed E-state index contributed by atoms with van der Waals surface area (Å²) >= 11 is 0. The minimum atomic E-state index is -0.368. The van der Waals surface area contributed by atoms with Crippen LogP contribution in [0.1, 0.15) is 31.1 Å². The van der Waals surface area contributed by atoms with Crippen LogP contribution in [-0.2, 0) is 0 Å². The predicted octanol–water partition coefficient (Wildman–Crippen LogP) is 3.97. The van der Waals surface area contributed by atoms with Gasteiger partial charge in [-0.05, 0) is 57.2 Å². The van der Waals surface area contributed by atoms with Crippen LogP contribution in [0.2, 0.25) is 0 Å². The van der Waals surface area contributed by atoms with Gasteiger partial charge in [-0.25, -0.2) is 4.98 Å². The SMILES string of the molecule is CC(C)(C)Oc1ncccc1-c1ccc(C(=O)Nc2cccnc2)cn1. The summed E-state index contributed by atoms with van der Waals surface area (Å²) in [4.78, 5) is 25.0. The number of aromatic nitrogens is 3. The maximum absolute atomic E-state index is 12.3. The van der Waals surface area contributed by atoms with Gasteiger partial charge in [0.1, 0.15) is 5.60 Å². The summed E-state index contributed by atoms with van der Waals surface area (Å²) in [5, 5.41) is 2.78. The molecule has 1 amide bonds. The molecular formula is C20H20N4O2. The van der Waals surface area contributed by atoms with Crippen LogP contribution in [0.25, 0.3) is 11.3 Å². The highest BCUT2D eigenvalue weighted by molar-refractivity contribution is 6.04. The predicted molar refractivity (Wildman–Crippen MR) is 100 cm³/mol. The molecule has 0 saturated heterocycles. The number of hydrogen-bond acceptors (Lipinski definition) is 5. The molecule has 0 aromatic carbocycles. The maximum Gasteiger partial charge on any atom is 0.257 e. The van der Waals surface area contributed by atoms with Gasteiger partial charge in [-0.1, -0.05) is 0 Å². The Morgan fingerprint density at radius 3 is 2.46 bits per heavy atom. The number of nitrogens with zero attached hydrogens (tertiary/aromatic N) is 3. The van der Waals surface area contributed by atoms with E-state index in [-0.39, 0.29) is 11.5 Å². The van der Waals surface area contributed by atoms with Gasteiger partial charge in [0.15, 0.2) is 0 Å². The molecular weight excluding hydrogens is 328 g/mol. The number of nitrogens with one attached hydrogen (secondary N) is 1. The molecule has 0 unspecified atom stereocenters. The van der Waals surface area contributed by atoms with Crippen LogP contribution in [-0.4, -0.2) is 26.5 Å². The first-order chi connectivity index (χ1) is 12.4. The standard InChI is InChI=1S/C20H20N4O2/c1-20(2,3)26-19-16(7-5-11-22-19)17-9-8-14(12-23-17)18(25)24-15-6-4-10-21-13-15/h4-13H,1-3H3,(H,24,25). The molecule has 3 rings (SSSR count). The second-order valence-electron chi connectivity index (χ2n) is 6.70. The molecule has 0 radical (unpaired) electrons. The fourth-order valence-electron chi connectivity index (χ4n) is 2.28. The second kappa shape index (κ2) is 7.31. The van der Waals surface area contributed by atoms with E-state index in [0.29, 0.717) is 22.8 Å². The highest BCUT2D eigenvalue weighted by Gasteiger charge is 2.17. The quantitative estimate of drug-likeness (QED) is 0.772. The third-order valence-electron chi connectivity index (χ3n) is 3.40. The largest absolute Gasteiger partial charge is 0.471 e. The second-order valence-corrected chi connectivity index (χ2v) is 6.70. The molecule has 132 valence electrons. The van der Waals surface area contributed by atoms with Crippen LogP contribution >= 0.6 is 0 Å². The molecule has 3 aromatic rings. The van der Waals surface area contributed by atoms with Crippen molar-refractivity contribution in [3.8, 4) is 17.1 Å². The lowest BCUT2D eigenvalue weighted by atomic mass is 10.1. The summed E-state index contributed by atoms with van der Waals surface area (Å²) in [6, 6.07) is 10.8. The molecule has 0 aliphatic carbocycles. The molecule has 0 aliphatic heterocycles. The van der Waals surface area contributed by atoms with E-state index in [0.717, 1.165) is 5.56 Å². The van der Waals surface area contributed by atoms with Gasteiger partial charge < -0.3 is 10.1 Å². The minimum absolute atomic E-state index is 0.241. The Morgan fingerprint density at radius 1 is 1.00 bits per heavy atom. The van der Waals surface area contributed by atoms with Crippen molar-refractivity contribution in [2.75, 3.05) is 5.32 Å². The lowest BCUT2D eigenvalue weighted by Gasteiger charge is -2.21. The van der Waals surface area contributed by atoms with Crippen LogP contribution in [0, 0.1) is 0 Å². The topological polar surface area (TPSA) is 77.0 Å². The molecule has 0 saturated carbocycles. The first kappa shape index (κ1) is 17.5. The third-order valence-corrected chi connectivity index (χ3v) is 3.40. The van der Waals surface area contributed by atoms with E-state index in [4.69, 9.17) is 4.74 Å². The maximum atomic E-state index is 12.3. The zero-order valence-corrected chi connectivity index (χ0v) is 14.9. The van der Waals surface area contributed by atoms with Gasteiger partial charge in [0.2, 0.25) is 5.88 Å². The minimum Gasteiger partial charge on any atom is -0.471 e. The Morgan fingerprint density at radius 2 is 1.81 bits per heavy atom. The van der Waals surface area contributed by atoms with Gasteiger partial charge in [0.25, 0.3) is 5.91 Å². The lowest BCUT2D eigenvalue weighted by molar-refractivity contribution is 0.102. The Balaban J connectivity index is 1.81. The Kier molecular flexibility index (Phi) is 4.93. The van der Waals surface area contributed by atoms with Crippen LogP contribution in [0.15, 0.2) is 61.2 Å². The Bertz CT molecular complexity index is 888. The molecule has 3 aromatic heterocycles. The van der Waals surface area contributed by atoms with Crippen molar-refractivity contribution in [3.05, 3.63) is 66.7 Å². The van der Waals surface area contributed by atoms with Crippen molar-refractivity contribution in [1.29, 1.82) is 0 Å². The van der Waals surface area contributed by atoms with E-state index < -0.39 is 0 Å². The molecule has 1 N–H and O–H groups in total. The molecule has 6 nitrogen and oxygen atoms in total. The zero-order chi connectivity index (χ0) is 18.6. The van der Waals surface area contributed by atoms with Crippen molar-refractivity contribution in [3.63, 3.8) is 0 Å². The van der Waals surface area contributed by atoms with Crippen molar-refractivity contribution in [1.82, 2.24) is 15.0 Å². The lowest BCUT2D eigenvalue weighted by Crippen LogP contribution is -2.24. The van der Waals surface area contributed by atoms with Gasteiger partial charge in [-0.15, -0.1) is 0 Å². The molecule has 0 atom stereocenters. The van der Waals surface area contributed by atoms with Gasteiger partial charge >= 0.3 is 0 Å². The van der Waals surface area contributed by atoms with Crippen LogP contribution in [0.3, 0.4) is 0 Å². The van der Waals surface area contributed by atoms with E-state index >= 15 is 0 Å². The summed E-state index contributed by atoms with van der Waals surface area (Å²) in [5.74, 6) is 0.273. The summed E-state index contributed by atoms with van der Waals surface area (Å²) in [7, 11) is 0. The van der Waals surface area contributed by atoms with E-state index in [2.05, 4.69) is 20.3 Å². The number of amides is 1. The number of rotatable bonds is 4. The molecule has 6 heteroatoms. The van der Waals surface area contributed by atoms with E-state index in [1.54, 1.807) is 42.9 Å². The molecule has 0 fully saturated rings. The monoisotopic (exact) mass is 348 g/mol. The average Bonchev–Trinajstić information content (AvgIpc) is 2.62. The number of carbonyl (C=O) groups excluding carboxylic acids is 1. The first-order valence-electron chi connectivity index (χ1n) is 8.24. The zero-order valence-electron chi connectivity index (χ0n) is 14.9. The van der Waals surface area contributed by atoms with Gasteiger partial charge in [-0.2, -0.15) is 0 Å². The van der Waals surface area contributed by atoms with Crippen LogP contribution in [0.4, 0.5) is 5.69 Å². The van der Waals surface area contributed by atoms with Gasteiger partial charge in [0, 0.05) is 18.6 Å².